The second-order valence-electron chi connectivity index (χ2n) is 5.13. The van der Waals surface area contributed by atoms with Gasteiger partial charge < -0.3 is 20.6 Å². The van der Waals surface area contributed by atoms with E-state index in [0.29, 0.717) is 19.4 Å². The molecule has 3 N–H and O–H groups in total. The van der Waals surface area contributed by atoms with Gasteiger partial charge in [0.15, 0.2) is 0 Å². The van der Waals surface area contributed by atoms with Crippen molar-refractivity contribution in [3.63, 3.8) is 0 Å². The van der Waals surface area contributed by atoms with Gasteiger partial charge in [0.2, 0.25) is 5.91 Å². The Bertz CT molecular complexity index is 373. The second-order valence-corrected chi connectivity index (χ2v) is 5.13. The number of urea groups is 1. The average molecular weight is 285 g/mol. The highest BCUT2D eigenvalue weighted by Gasteiger charge is 2.32. The quantitative estimate of drug-likeness (QED) is 0.681. The topological polar surface area (TPSA) is 98.7 Å². The zero-order valence-electron chi connectivity index (χ0n) is 12.0. The lowest BCUT2D eigenvalue weighted by Gasteiger charge is -2.30. The fourth-order valence-corrected chi connectivity index (χ4v) is 2.36. The highest BCUT2D eigenvalue weighted by Crippen LogP contribution is 2.24. The van der Waals surface area contributed by atoms with Crippen LogP contribution in [0.15, 0.2) is 0 Å². The van der Waals surface area contributed by atoms with Crippen molar-refractivity contribution in [1.29, 1.82) is 0 Å². The highest BCUT2D eigenvalue weighted by atomic mass is 16.4. The summed E-state index contributed by atoms with van der Waals surface area (Å²) in [5.41, 5.74) is 0. The van der Waals surface area contributed by atoms with Gasteiger partial charge in [-0.1, -0.05) is 12.8 Å². The molecule has 7 heteroatoms. The summed E-state index contributed by atoms with van der Waals surface area (Å²) >= 11 is 0. The molecule has 1 saturated carbocycles. The number of carbonyl (C=O) groups excluding carboxylic acids is 2. The lowest BCUT2D eigenvalue weighted by atomic mass is 9.84. The van der Waals surface area contributed by atoms with Gasteiger partial charge in [-0.05, 0) is 12.8 Å². The number of hydrogen-bond acceptors (Lipinski definition) is 3. The molecular formula is C13H23N3O4. The lowest BCUT2D eigenvalue weighted by Crippen LogP contribution is -2.49. The van der Waals surface area contributed by atoms with E-state index in [0.717, 1.165) is 12.8 Å². The maximum atomic E-state index is 12.0. The number of hydrogen-bond donors (Lipinski definition) is 3. The van der Waals surface area contributed by atoms with Gasteiger partial charge in [0.05, 0.1) is 5.92 Å². The normalized spacial score (nSPS) is 21.9. The average Bonchev–Trinajstić information content (AvgIpc) is 2.44. The van der Waals surface area contributed by atoms with Gasteiger partial charge in [-0.2, -0.15) is 0 Å². The van der Waals surface area contributed by atoms with Gasteiger partial charge in [-0.3, -0.25) is 9.59 Å². The van der Waals surface area contributed by atoms with Crippen LogP contribution in [0.3, 0.4) is 0 Å². The fraction of sp³-hybridized carbons (Fsp3) is 0.769. The molecule has 114 valence electrons. The van der Waals surface area contributed by atoms with Crippen molar-refractivity contribution in [2.24, 2.45) is 5.92 Å². The maximum absolute atomic E-state index is 12.0. The van der Waals surface area contributed by atoms with Crippen LogP contribution in [0.4, 0.5) is 4.79 Å². The van der Waals surface area contributed by atoms with Crippen molar-refractivity contribution in [2.75, 3.05) is 20.6 Å². The van der Waals surface area contributed by atoms with Crippen LogP contribution in [0.25, 0.3) is 0 Å². The molecule has 0 heterocycles. The van der Waals surface area contributed by atoms with Gasteiger partial charge in [0.25, 0.3) is 0 Å². The number of aliphatic carboxylic acids is 1. The molecule has 7 nitrogen and oxygen atoms in total. The fourth-order valence-electron chi connectivity index (χ4n) is 2.36. The molecule has 1 aliphatic rings. The zero-order chi connectivity index (χ0) is 15.1. The molecule has 0 aromatic carbocycles. The summed E-state index contributed by atoms with van der Waals surface area (Å²) in [7, 11) is 3.14. The molecule has 1 fully saturated rings. The Morgan fingerprint density at radius 3 is 2.50 bits per heavy atom. The van der Waals surface area contributed by atoms with Crippen molar-refractivity contribution < 1.29 is 19.5 Å². The number of nitrogens with zero attached hydrogens (tertiary/aromatic N) is 1. The van der Waals surface area contributed by atoms with E-state index < -0.39 is 11.9 Å². The Morgan fingerprint density at radius 2 is 1.90 bits per heavy atom. The summed E-state index contributed by atoms with van der Waals surface area (Å²) in [5.74, 6) is -1.51. The van der Waals surface area contributed by atoms with Crippen molar-refractivity contribution in [3.05, 3.63) is 0 Å². The molecule has 2 atom stereocenters. The first-order chi connectivity index (χ1) is 9.45. The molecule has 0 aromatic heterocycles. The first kappa shape index (κ1) is 16.3. The summed E-state index contributed by atoms with van der Waals surface area (Å²) in [6.07, 6.45) is 3.33. The number of rotatable bonds is 5. The summed E-state index contributed by atoms with van der Waals surface area (Å²) < 4.78 is 0. The number of amides is 3. The van der Waals surface area contributed by atoms with Crippen molar-refractivity contribution >= 4 is 17.9 Å². The number of carboxylic acids is 1. The van der Waals surface area contributed by atoms with Crippen molar-refractivity contribution in [2.45, 2.75) is 38.1 Å². The van der Waals surface area contributed by atoms with E-state index in [1.54, 1.807) is 14.1 Å². The number of nitrogens with one attached hydrogen (secondary N) is 2. The number of carboxylic acid groups (broad SMARTS) is 1. The Balaban J connectivity index is 2.46. The zero-order valence-corrected chi connectivity index (χ0v) is 12.0. The predicted octanol–water partition coefficient (Wildman–Crippen LogP) is 0.407. The van der Waals surface area contributed by atoms with Gasteiger partial charge in [0, 0.05) is 33.1 Å². The second kappa shape index (κ2) is 7.72. The largest absolute Gasteiger partial charge is 0.481 e. The smallest absolute Gasteiger partial charge is 0.317 e. The van der Waals surface area contributed by atoms with Crippen molar-refractivity contribution in [1.82, 2.24) is 15.5 Å². The highest BCUT2D eigenvalue weighted by molar-refractivity contribution is 5.79. The molecular weight excluding hydrogens is 262 g/mol. The van der Waals surface area contributed by atoms with Crippen LogP contribution in [-0.4, -0.2) is 54.6 Å². The van der Waals surface area contributed by atoms with Crippen LogP contribution < -0.4 is 10.6 Å². The van der Waals surface area contributed by atoms with E-state index in [1.165, 1.54) is 4.90 Å². The molecule has 1 rings (SSSR count). The Labute approximate surface area is 118 Å². The Morgan fingerprint density at radius 1 is 1.25 bits per heavy atom. The lowest BCUT2D eigenvalue weighted by molar-refractivity contribution is -0.143. The van der Waals surface area contributed by atoms with Gasteiger partial charge in [-0.25, -0.2) is 4.79 Å². The summed E-state index contributed by atoms with van der Waals surface area (Å²) in [4.78, 5) is 35.7. The van der Waals surface area contributed by atoms with Crippen LogP contribution in [-0.2, 0) is 9.59 Å². The monoisotopic (exact) mass is 285 g/mol. The van der Waals surface area contributed by atoms with Gasteiger partial charge >= 0.3 is 12.0 Å². The third kappa shape index (κ3) is 4.71. The van der Waals surface area contributed by atoms with Crippen LogP contribution >= 0.6 is 0 Å². The van der Waals surface area contributed by atoms with Crippen LogP contribution in [0.5, 0.6) is 0 Å². The SMILES string of the molecule is CNC(=O)CCN(C)C(=O)NC1CCCCC1C(=O)O. The minimum atomic E-state index is -0.858. The Hall–Kier alpha value is -1.79. The van der Waals surface area contributed by atoms with E-state index in [2.05, 4.69) is 10.6 Å². The molecule has 0 spiro atoms. The third-order valence-electron chi connectivity index (χ3n) is 3.69. The summed E-state index contributed by atoms with van der Waals surface area (Å²) in [5, 5.41) is 14.4. The molecule has 1 aliphatic carbocycles. The van der Waals surface area contributed by atoms with E-state index in [1.807, 2.05) is 0 Å². The minimum Gasteiger partial charge on any atom is -0.481 e. The van der Waals surface area contributed by atoms with Crippen LogP contribution in [0, 0.1) is 5.92 Å². The molecule has 2 unspecified atom stereocenters. The molecule has 0 radical (unpaired) electrons. The summed E-state index contributed by atoms with van der Waals surface area (Å²) in [6.45, 7) is 0.302. The van der Waals surface area contributed by atoms with E-state index in [4.69, 9.17) is 5.11 Å². The molecule has 20 heavy (non-hydrogen) atoms. The molecule has 3 amide bonds. The van der Waals surface area contributed by atoms with Crippen LogP contribution in [0.2, 0.25) is 0 Å². The standard InChI is InChI=1S/C13H23N3O4/c1-14-11(17)7-8-16(2)13(20)15-10-6-4-3-5-9(10)12(18)19/h9-10H,3-8H2,1-2H3,(H,14,17)(H,15,20)(H,18,19). The maximum Gasteiger partial charge on any atom is 0.317 e. The van der Waals surface area contributed by atoms with Gasteiger partial charge in [-0.15, -0.1) is 0 Å². The minimum absolute atomic E-state index is 0.134. The van der Waals surface area contributed by atoms with E-state index >= 15 is 0 Å². The van der Waals surface area contributed by atoms with E-state index in [-0.39, 0.29) is 24.4 Å². The third-order valence-corrected chi connectivity index (χ3v) is 3.69. The molecule has 0 aliphatic heterocycles. The molecule has 0 saturated heterocycles. The first-order valence-corrected chi connectivity index (χ1v) is 6.90. The summed E-state index contributed by atoms with van der Waals surface area (Å²) in [6, 6.07) is -0.650. The predicted molar refractivity (Wildman–Crippen MR) is 73.2 cm³/mol. The number of carbonyl (C=O) groups is 3. The molecule has 0 aromatic rings. The first-order valence-electron chi connectivity index (χ1n) is 6.90. The Kier molecular flexibility index (Phi) is 6.27. The van der Waals surface area contributed by atoms with Crippen LogP contribution in [0.1, 0.15) is 32.1 Å². The van der Waals surface area contributed by atoms with E-state index in [9.17, 15) is 14.4 Å². The van der Waals surface area contributed by atoms with Crippen molar-refractivity contribution in [3.8, 4) is 0 Å². The van der Waals surface area contributed by atoms with Gasteiger partial charge in [0.1, 0.15) is 0 Å². The molecule has 0 bridgehead atoms.